The van der Waals surface area contributed by atoms with Crippen molar-refractivity contribution >= 4 is 38.6 Å². The zero-order valence-corrected chi connectivity index (χ0v) is 17.3. The summed E-state index contributed by atoms with van der Waals surface area (Å²) in [6, 6.07) is 13.4. The standard InChI is InChI=1S/C19H20ClNO4S2/c1-24-11-19(18(21)26)16(12-3-7-14(25-2)8-4-12)17(19)27(22,23)15-9-5-13(20)6-10-15/h3-10,16-17H,11H2,1-2H3,(H2,21,26)/t16-,17+,19+/m1/s1. The first kappa shape index (κ1) is 20.1. The van der Waals surface area contributed by atoms with Crippen molar-refractivity contribution in [1.29, 1.82) is 0 Å². The van der Waals surface area contributed by atoms with Crippen LogP contribution in [0.1, 0.15) is 11.5 Å². The second-order valence-electron chi connectivity index (χ2n) is 6.51. The molecule has 2 aromatic rings. The third-order valence-electron chi connectivity index (χ3n) is 5.05. The number of thiocarbonyl (C=S) groups is 1. The number of nitrogens with two attached hydrogens (primary N) is 1. The second-order valence-corrected chi connectivity index (χ2v) is 9.45. The van der Waals surface area contributed by atoms with Crippen LogP contribution in [-0.2, 0) is 14.6 Å². The van der Waals surface area contributed by atoms with E-state index in [1.165, 1.54) is 19.2 Å². The van der Waals surface area contributed by atoms with Crippen LogP contribution in [0, 0.1) is 5.41 Å². The lowest BCUT2D eigenvalue weighted by atomic mass is 10.00. The maximum absolute atomic E-state index is 13.4. The van der Waals surface area contributed by atoms with Gasteiger partial charge in [0.2, 0.25) is 0 Å². The van der Waals surface area contributed by atoms with Crippen LogP contribution in [0.4, 0.5) is 0 Å². The number of methoxy groups -OCH3 is 2. The zero-order valence-electron chi connectivity index (χ0n) is 14.9. The molecule has 1 aliphatic carbocycles. The Kier molecular flexibility index (Phi) is 5.49. The fraction of sp³-hybridized carbons (Fsp3) is 0.316. The Labute approximate surface area is 169 Å². The normalized spacial score (nSPS) is 24.4. The van der Waals surface area contributed by atoms with Crippen molar-refractivity contribution in [2.75, 3.05) is 20.8 Å². The maximum Gasteiger partial charge on any atom is 0.182 e. The molecule has 0 heterocycles. The van der Waals surface area contributed by atoms with Gasteiger partial charge in [-0.05, 0) is 42.0 Å². The van der Waals surface area contributed by atoms with E-state index in [1.54, 1.807) is 31.4 Å². The minimum absolute atomic E-state index is 0.122. The first-order valence-electron chi connectivity index (χ1n) is 8.21. The van der Waals surface area contributed by atoms with Crippen molar-refractivity contribution in [3.05, 3.63) is 59.1 Å². The van der Waals surface area contributed by atoms with Crippen molar-refractivity contribution in [1.82, 2.24) is 0 Å². The minimum atomic E-state index is -3.71. The summed E-state index contributed by atoms with van der Waals surface area (Å²) in [5, 5.41) is -0.342. The third kappa shape index (κ3) is 3.33. The third-order valence-corrected chi connectivity index (χ3v) is 7.97. The van der Waals surface area contributed by atoms with Crippen LogP contribution in [0.25, 0.3) is 0 Å². The first-order valence-corrected chi connectivity index (χ1v) is 10.5. The van der Waals surface area contributed by atoms with Crippen LogP contribution >= 0.6 is 23.8 Å². The highest BCUT2D eigenvalue weighted by Crippen LogP contribution is 2.64. The number of ether oxygens (including phenoxy) is 2. The second kappa shape index (κ2) is 7.39. The van der Waals surface area contributed by atoms with E-state index in [0.29, 0.717) is 10.8 Å². The van der Waals surface area contributed by atoms with Crippen LogP contribution in [-0.4, -0.2) is 39.5 Å². The molecular formula is C19H20ClNO4S2. The van der Waals surface area contributed by atoms with Gasteiger partial charge in [-0.1, -0.05) is 36.0 Å². The lowest BCUT2D eigenvalue weighted by Crippen LogP contribution is -2.33. The zero-order chi connectivity index (χ0) is 19.8. The molecule has 2 N–H and O–H groups in total. The summed E-state index contributed by atoms with van der Waals surface area (Å²) in [5.74, 6) is 0.283. The van der Waals surface area contributed by atoms with E-state index in [4.69, 9.17) is 39.0 Å². The van der Waals surface area contributed by atoms with Gasteiger partial charge >= 0.3 is 0 Å². The smallest absolute Gasteiger partial charge is 0.182 e. The summed E-state index contributed by atoms with van der Waals surface area (Å²) in [6.45, 7) is 0.122. The van der Waals surface area contributed by atoms with Gasteiger partial charge in [0.1, 0.15) is 5.75 Å². The summed E-state index contributed by atoms with van der Waals surface area (Å²) in [4.78, 5) is 0.317. The molecule has 0 radical (unpaired) electrons. The number of hydrogen-bond acceptors (Lipinski definition) is 5. The van der Waals surface area contributed by atoms with Gasteiger partial charge in [0.25, 0.3) is 0 Å². The Hall–Kier alpha value is -1.67. The van der Waals surface area contributed by atoms with E-state index in [-0.39, 0.29) is 16.5 Å². The molecular weight excluding hydrogens is 406 g/mol. The number of halogens is 1. The SMILES string of the molecule is COC[C@]1(C(N)=S)[C@H](c2ccc(OC)cc2)[C@@H]1S(=O)(=O)c1ccc(Cl)cc1. The molecule has 5 nitrogen and oxygen atoms in total. The van der Waals surface area contributed by atoms with Crippen LogP contribution in [0.2, 0.25) is 5.02 Å². The lowest BCUT2D eigenvalue weighted by Gasteiger charge is -2.16. The summed E-state index contributed by atoms with van der Waals surface area (Å²) in [5.41, 5.74) is 5.89. The average Bonchev–Trinajstić information content (AvgIpc) is 3.33. The molecule has 0 spiro atoms. The van der Waals surface area contributed by atoms with Gasteiger partial charge in [0.05, 0.1) is 34.3 Å². The van der Waals surface area contributed by atoms with Gasteiger partial charge in [0.15, 0.2) is 9.84 Å². The van der Waals surface area contributed by atoms with Gasteiger partial charge in [-0.2, -0.15) is 0 Å². The van der Waals surface area contributed by atoms with Crippen molar-refractivity contribution in [3.63, 3.8) is 0 Å². The van der Waals surface area contributed by atoms with E-state index >= 15 is 0 Å². The number of rotatable bonds is 7. The Morgan fingerprint density at radius 3 is 2.22 bits per heavy atom. The Bertz CT molecular complexity index is 945. The van der Waals surface area contributed by atoms with Gasteiger partial charge in [-0.3, -0.25) is 0 Å². The molecule has 0 saturated heterocycles. The van der Waals surface area contributed by atoms with Crippen molar-refractivity contribution in [3.8, 4) is 5.75 Å². The predicted octanol–water partition coefficient (Wildman–Crippen LogP) is 3.21. The van der Waals surface area contributed by atoms with Gasteiger partial charge in [-0.25, -0.2) is 8.42 Å². The number of hydrogen-bond donors (Lipinski definition) is 1. The maximum atomic E-state index is 13.4. The van der Waals surface area contributed by atoms with E-state index in [0.717, 1.165) is 5.56 Å². The molecule has 27 heavy (non-hydrogen) atoms. The average molecular weight is 426 g/mol. The fourth-order valence-electron chi connectivity index (χ4n) is 3.69. The Balaban J connectivity index is 2.09. The first-order chi connectivity index (χ1) is 12.8. The Morgan fingerprint density at radius 1 is 1.15 bits per heavy atom. The van der Waals surface area contributed by atoms with Crippen molar-refractivity contribution in [2.24, 2.45) is 11.1 Å². The van der Waals surface area contributed by atoms with Crippen molar-refractivity contribution < 1.29 is 17.9 Å². The largest absolute Gasteiger partial charge is 0.497 e. The number of benzene rings is 2. The highest BCUT2D eigenvalue weighted by molar-refractivity contribution is 7.92. The van der Waals surface area contributed by atoms with E-state index in [1.807, 2.05) is 12.1 Å². The summed E-state index contributed by atoms with van der Waals surface area (Å²) in [7, 11) is -0.625. The van der Waals surface area contributed by atoms with Crippen LogP contribution in [0.3, 0.4) is 0 Å². The van der Waals surface area contributed by atoms with Crippen LogP contribution in [0.5, 0.6) is 5.75 Å². The highest BCUT2D eigenvalue weighted by atomic mass is 35.5. The quantitative estimate of drug-likeness (QED) is 0.686. The van der Waals surface area contributed by atoms with Gasteiger partial charge in [-0.15, -0.1) is 0 Å². The molecule has 0 aromatic heterocycles. The summed E-state index contributed by atoms with van der Waals surface area (Å²) < 4.78 is 37.3. The molecule has 1 fully saturated rings. The van der Waals surface area contributed by atoms with Gasteiger partial charge < -0.3 is 15.2 Å². The molecule has 1 saturated carbocycles. The van der Waals surface area contributed by atoms with Crippen molar-refractivity contribution in [2.45, 2.75) is 16.1 Å². The van der Waals surface area contributed by atoms with E-state index < -0.39 is 26.4 Å². The molecule has 3 atom stereocenters. The monoisotopic (exact) mass is 425 g/mol. The van der Waals surface area contributed by atoms with E-state index in [9.17, 15) is 8.42 Å². The molecule has 0 aliphatic heterocycles. The fourth-order valence-corrected chi connectivity index (χ4v) is 6.59. The molecule has 3 rings (SSSR count). The predicted molar refractivity (Wildman–Crippen MR) is 109 cm³/mol. The minimum Gasteiger partial charge on any atom is -0.497 e. The molecule has 8 heteroatoms. The lowest BCUT2D eigenvalue weighted by molar-refractivity contribution is 0.166. The van der Waals surface area contributed by atoms with E-state index in [2.05, 4.69) is 0 Å². The van der Waals surface area contributed by atoms with Gasteiger partial charge in [0, 0.05) is 18.1 Å². The molecule has 2 aromatic carbocycles. The topological polar surface area (TPSA) is 78.6 Å². The summed E-state index contributed by atoms with van der Waals surface area (Å²) >= 11 is 11.2. The molecule has 0 amide bonds. The Morgan fingerprint density at radius 2 is 1.74 bits per heavy atom. The van der Waals surface area contributed by atoms with Crippen LogP contribution in [0.15, 0.2) is 53.4 Å². The molecule has 1 aliphatic rings. The molecule has 144 valence electrons. The molecule has 0 bridgehead atoms. The number of sulfone groups is 1. The van der Waals surface area contributed by atoms with Crippen LogP contribution < -0.4 is 10.5 Å². The molecule has 0 unspecified atom stereocenters. The summed E-state index contributed by atoms with van der Waals surface area (Å²) in [6.07, 6.45) is 0. The highest BCUT2D eigenvalue weighted by Gasteiger charge is 2.73.